The average molecular weight is 284 g/mol. The second kappa shape index (κ2) is 5.48. The molecule has 0 spiro atoms. The number of hydrogen-bond acceptors (Lipinski definition) is 4. The maximum Gasteiger partial charge on any atom is 0.211 e. The lowest BCUT2D eigenvalue weighted by atomic mass is 10.0. The Labute approximate surface area is 114 Å². The molecular weight excluding hydrogens is 264 g/mol. The minimum Gasteiger partial charge on any atom is -0.497 e. The molecule has 1 fully saturated rings. The van der Waals surface area contributed by atoms with Crippen LogP contribution in [0.3, 0.4) is 0 Å². The van der Waals surface area contributed by atoms with Crippen molar-refractivity contribution in [2.24, 2.45) is 0 Å². The summed E-state index contributed by atoms with van der Waals surface area (Å²) in [6.45, 7) is 1.80. The highest BCUT2D eigenvalue weighted by atomic mass is 32.2. The SMILES string of the molecule is COc1ccc(C2CN(S(C)(=O)=O)CCN2C)cc1. The first-order valence-electron chi connectivity index (χ1n) is 6.21. The number of methoxy groups -OCH3 is 1. The Morgan fingerprint density at radius 2 is 1.84 bits per heavy atom. The molecule has 0 bridgehead atoms. The normalized spacial score (nSPS) is 22.4. The first-order chi connectivity index (χ1) is 8.91. The predicted octanol–water partition coefficient (Wildman–Crippen LogP) is 0.943. The standard InChI is InChI=1S/C13H20N2O3S/c1-14-8-9-15(19(3,16)17)10-13(14)11-4-6-12(18-2)7-5-11/h4-7,13H,8-10H2,1-3H3. The fourth-order valence-electron chi connectivity index (χ4n) is 2.34. The van der Waals surface area contributed by atoms with Gasteiger partial charge in [0.2, 0.25) is 10.0 Å². The van der Waals surface area contributed by atoms with Crippen molar-refractivity contribution in [3.05, 3.63) is 29.8 Å². The van der Waals surface area contributed by atoms with E-state index in [0.29, 0.717) is 13.1 Å². The third kappa shape index (κ3) is 3.26. The smallest absolute Gasteiger partial charge is 0.211 e. The second-order valence-electron chi connectivity index (χ2n) is 4.89. The van der Waals surface area contributed by atoms with Gasteiger partial charge in [-0.1, -0.05) is 12.1 Å². The van der Waals surface area contributed by atoms with Crippen molar-refractivity contribution < 1.29 is 13.2 Å². The quantitative estimate of drug-likeness (QED) is 0.829. The van der Waals surface area contributed by atoms with E-state index in [4.69, 9.17) is 4.74 Å². The Kier molecular flexibility index (Phi) is 4.13. The zero-order valence-electron chi connectivity index (χ0n) is 11.5. The summed E-state index contributed by atoms with van der Waals surface area (Å²) in [5, 5.41) is 0. The van der Waals surface area contributed by atoms with E-state index in [1.54, 1.807) is 11.4 Å². The van der Waals surface area contributed by atoms with Crippen LogP contribution < -0.4 is 4.74 Å². The number of hydrogen-bond donors (Lipinski definition) is 0. The van der Waals surface area contributed by atoms with Gasteiger partial charge in [-0.25, -0.2) is 8.42 Å². The van der Waals surface area contributed by atoms with Crippen LogP contribution in [-0.2, 0) is 10.0 Å². The van der Waals surface area contributed by atoms with E-state index in [1.165, 1.54) is 6.26 Å². The molecule has 1 aliphatic rings. The third-order valence-electron chi connectivity index (χ3n) is 3.58. The Morgan fingerprint density at radius 1 is 1.21 bits per heavy atom. The zero-order chi connectivity index (χ0) is 14.0. The number of nitrogens with zero attached hydrogens (tertiary/aromatic N) is 2. The summed E-state index contributed by atoms with van der Waals surface area (Å²) in [6, 6.07) is 7.89. The summed E-state index contributed by atoms with van der Waals surface area (Å²) in [5.41, 5.74) is 1.11. The molecule has 1 heterocycles. The molecule has 2 rings (SSSR count). The predicted molar refractivity (Wildman–Crippen MR) is 74.8 cm³/mol. The van der Waals surface area contributed by atoms with Gasteiger partial charge >= 0.3 is 0 Å². The maximum atomic E-state index is 11.7. The summed E-state index contributed by atoms with van der Waals surface area (Å²) in [6.07, 6.45) is 1.27. The molecule has 1 aromatic carbocycles. The van der Waals surface area contributed by atoms with Crippen LogP contribution in [-0.4, -0.2) is 57.7 Å². The van der Waals surface area contributed by atoms with Crippen molar-refractivity contribution in [2.45, 2.75) is 6.04 Å². The van der Waals surface area contributed by atoms with Crippen molar-refractivity contribution in [1.82, 2.24) is 9.21 Å². The molecule has 5 nitrogen and oxygen atoms in total. The molecule has 1 aromatic rings. The van der Waals surface area contributed by atoms with Crippen LogP contribution in [0, 0.1) is 0 Å². The van der Waals surface area contributed by atoms with E-state index in [0.717, 1.165) is 17.9 Å². The van der Waals surface area contributed by atoms with Gasteiger partial charge in [0.05, 0.1) is 13.4 Å². The molecule has 0 saturated carbocycles. The number of sulfonamides is 1. The van der Waals surface area contributed by atoms with Crippen LogP contribution >= 0.6 is 0 Å². The molecular formula is C13H20N2O3S. The molecule has 6 heteroatoms. The number of likely N-dealkylation sites (N-methyl/N-ethyl adjacent to an activating group) is 1. The van der Waals surface area contributed by atoms with Crippen LogP contribution in [0.2, 0.25) is 0 Å². The Morgan fingerprint density at radius 3 is 2.37 bits per heavy atom. The summed E-state index contributed by atoms with van der Waals surface area (Å²) in [5.74, 6) is 0.808. The van der Waals surface area contributed by atoms with E-state index >= 15 is 0 Å². The highest BCUT2D eigenvalue weighted by Gasteiger charge is 2.30. The monoisotopic (exact) mass is 284 g/mol. The molecule has 106 valence electrons. The van der Waals surface area contributed by atoms with Crippen LogP contribution in [0.5, 0.6) is 5.75 Å². The van der Waals surface area contributed by atoms with Gasteiger partial charge in [-0.3, -0.25) is 4.90 Å². The van der Waals surface area contributed by atoms with Gasteiger partial charge in [-0.05, 0) is 24.7 Å². The van der Waals surface area contributed by atoms with Crippen LogP contribution in [0.1, 0.15) is 11.6 Å². The minimum absolute atomic E-state index is 0.0920. The first-order valence-corrected chi connectivity index (χ1v) is 8.06. The van der Waals surface area contributed by atoms with Gasteiger partial charge in [-0.15, -0.1) is 0 Å². The molecule has 1 saturated heterocycles. The lowest BCUT2D eigenvalue weighted by molar-refractivity contribution is 0.149. The number of benzene rings is 1. The molecule has 1 atom stereocenters. The van der Waals surface area contributed by atoms with Crippen LogP contribution in [0.4, 0.5) is 0 Å². The van der Waals surface area contributed by atoms with E-state index in [9.17, 15) is 8.42 Å². The molecule has 1 unspecified atom stereocenters. The van der Waals surface area contributed by atoms with Crippen molar-refractivity contribution in [1.29, 1.82) is 0 Å². The number of ether oxygens (including phenoxy) is 1. The summed E-state index contributed by atoms with van der Waals surface area (Å²) in [7, 11) is 0.533. The van der Waals surface area contributed by atoms with Gasteiger partial charge in [0.15, 0.2) is 0 Å². The largest absolute Gasteiger partial charge is 0.497 e. The molecule has 19 heavy (non-hydrogen) atoms. The lowest BCUT2D eigenvalue weighted by Gasteiger charge is -2.38. The average Bonchev–Trinajstić information content (AvgIpc) is 2.38. The lowest BCUT2D eigenvalue weighted by Crippen LogP contribution is -2.48. The fraction of sp³-hybridized carbons (Fsp3) is 0.538. The summed E-state index contributed by atoms with van der Waals surface area (Å²) < 4.78 is 30.0. The highest BCUT2D eigenvalue weighted by Crippen LogP contribution is 2.26. The van der Waals surface area contributed by atoms with Crippen molar-refractivity contribution in [2.75, 3.05) is 40.0 Å². The molecule has 0 aliphatic carbocycles. The molecule has 0 aromatic heterocycles. The molecule has 0 radical (unpaired) electrons. The minimum atomic E-state index is -3.12. The summed E-state index contributed by atoms with van der Waals surface area (Å²) in [4.78, 5) is 2.18. The topological polar surface area (TPSA) is 49.9 Å². The van der Waals surface area contributed by atoms with Gasteiger partial charge < -0.3 is 4.74 Å². The maximum absolute atomic E-state index is 11.7. The third-order valence-corrected chi connectivity index (χ3v) is 4.85. The number of rotatable bonds is 3. The number of piperazine rings is 1. The van der Waals surface area contributed by atoms with E-state index in [-0.39, 0.29) is 6.04 Å². The van der Waals surface area contributed by atoms with Gasteiger partial charge in [-0.2, -0.15) is 4.31 Å². The van der Waals surface area contributed by atoms with E-state index < -0.39 is 10.0 Å². The van der Waals surface area contributed by atoms with Crippen molar-refractivity contribution >= 4 is 10.0 Å². The van der Waals surface area contributed by atoms with Crippen LogP contribution in [0.25, 0.3) is 0 Å². The van der Waals surface area contributed by atoms with Crippen LogP contribution in [0.15, 0.2) is 24.3 Å². The molecule has 0 N–H and O–H groups in total. The first kappa shape index (κ1) is 14.3. The van der Waals surface area contributed by atoms with Crippen molar-refractivity contribution in [3.8, 4) is 5.75 Å². The van der Waals surface area contributed by atoms with E-state index in [2.05, 4.69) is 4.90 Å². The molecule has 1 aliphatic heterocycles. The summed E-state index contributed by atoms with van der Waals surface area (Å²) >= 11 is 0. The van der Waals surface area contributed by atoms with Gasteiger partial charge in [0, 0.05) is 25.7 Å². The second-order valence-corrected chi connectivity index (χ2v) is 6.87. The van der Waals surface area contributed by atoms with Gasteiger partial charge in [0.25, 0.3) is 0 Å². The Balaban J connectivity index is 2.20. The zero-order valence-corrected chi connectivity index (χ0v) is 12.4. The highest BCUT2D eigenvalue weighted by molar-refractivity contribution is 7.88. The van der Waals surface area contributed by atoms with Gasteiger partial charge in [0.1, 0.15) is 5.75 Å². The Hall–Kier alpha value is -1.11. The Bertz CT molecular complexity index is 527. The van der Waals surface area contributed by atoms with E-state index in [1.807, 2.05) is 31.3 Å². The molecule has 0 amide bonds. The fourth-order valence-corrected chi connectivity index (χ4v) is 3.16. The van der Waals surface area contributed by atoms with Crippen molar-refractivity contribution in [3.63, 3.8) is 0 Å².